The molecule has 32 heavy (non-hydrogen) atoms. The Balaban J connectivity index is 1.59. The topological polar surface area (TPSA) is 66.5 Å². The van der Waals surface area contributed by atoms with Crippen molar-refractivity contribution in [2.45, 2.75) is 31.7 Å². The molecule has 3 amide bonds. The van der Waals surface area contributed by atoms with Crippen molar-refractivity contribution in [3.8, 4) is 0 Å². The molecule has 1 N–H and O–H groups in total. The highest BCUT2D eigenvalue weighted by molar-refractivity contribution is 6.23. The Morgan fingerprint density at radius 2 is 1.25 bits per heavy atom. The van der Waals surface area contributed by atoms with Gasteiger partial charge in [0.1, 0.15) is 5.54 Å². The molecule has 3 aromatic carbocycles. The molecular weight excluding hydrogens is 400 g/mol. The van der Waals surface area contributed by atoms with Crippen LogP contribution in [0.2, 0.25) is 0 Å². The summed E-state index contributed by atoms with van der Waals surface area (Å²) in [7, 11) is 0. The van der Waals surface area contributed by atoms with Crippen LogP contribution in [0.25, 0.3) is 0 Å². The second kappa shape index (κ2) is 8.79. The SMILES string of the molecule is CCC(C)(C(=O)NCC(c1ccccc1)c1ccccc1)N1C(=O)c2ccccc2C1=O. The number of benzene rings is 3. The van der Waals surface area contributed by atoms with Crippen LogP contribution in [0.5, 0.6) is 0 Å². The van der Waals surface area contributed by atoms with Crippen LogP contribution >= 0.6 is 0 Å². The summed E-state index contributed by atoms with van der Waals surface area (Å²) in [5.74, 6) is -1.24. The first-order valence-corrected chi connectivity index (χ1v) is 10.8. The van der Waals surface area contributed by atoms with E-state index in [4.69, 9.17) is 0 Å². The van der Waals surface area contributed by atoms with Gasteiger partial charge in [0.05, 0.1) is 11.1 Å². The molecule has 0 radical (unpaired) electrons. The van der Waals surface area contributed by atoms with E-state index >= 15 is 0 Å². The molecule has 0 spiro atoms. The molecule has 1 aliphatic heterocycles. The monoisotopic (exact) mass is 426 g/mol. The van der Waals surface area contributed by atoms with E-state index in [1.165, 1.54) is 0 Å². The fourth-order valence-corrected chi connectivity index (χ4v) is 4.24. The van der Waals surface area contributed by atoms with Crippen molar-refractivity contribution in [1.29, 1.82) is 0 Å². The predicted octanol–water partition coefficient (Wildman–Crippen LogP) is 4.40. The van der Waals surface area contributed by atoms with E-state index in [0.717, 1.165) is 16.0 Å². The van der Waals surface area contributed by atoms with Crippen molar-refractivity contribution in [2.75, 3.05) is 6.54 Å². The lowest BCUT2D eigenvalue weighted by Crippen LogP contribution is -2.59. The average molecular weight is 427 g/mol. The average Bonchev–Trinajstić information content (AvgIpc) is 3.10. The quantitative estimate of drug-likeness (QED) is 0.570. The van der Waals surface area contributed by atoms with Gasteiger partial charge in [-0.15, -0.1) is 0 Å². The molecule has 5 heteroatoms. The summed E-state index contributed by atoms with van der Waals surface area (Å²) in [6.07, 6.45) is 0.311. The van der Waals surface area contributed by atoms with E-state index in [-0.39, 0.29) is 11.8 Å². The number of hydrogen-bond donors (Lipinski definition) is 1. The zero-order valence-corrected chi connectivity index (χ0v) is 18.2. The van der Waals surface area contributed by atoms with Crippen molar-refractivity contribution >= 4 is 17.7 Å². The van der Waals surface area contributed by atoms with Crippen molar-refractivity contribution in [1.82, 2.24) is 10.2 Å². The Morgan fingerprint density at radius 1 is 0.812 bits per heavy atom. The standard InChI is InChI=1S/C27H26N2O3/c1-3-27(2,29-24(30)21-16-10-11-17-22(21)25(29)31)26(32)28-18-23(19-12-6-4-7-13-19)20-14-8-5-9-15-20/h4-17,23H,3,18H2,1-2H3,(H,28,32). The van der Waals surface area contributed by atoms with E-state index in [2.05, 4.69) is 5.32 Å². The van der Waals surface area contributed by atoms with Gasteiger partial charge in [-0.1, -0.05) is 79.7 Å². The van der Waals surface area contributed by atoms with Crippen molar-refractivity contribution in [2.24, 2.45) is 0 Å². The number of hydrogen-bond acceptors (Lipinski definition) is 3. The third-order valence-corrected chi connectivity index (χ3v) is 6.34. The Morgan fingerprint density at radius 3 is 1.69 bits per heavy atom. The van der Waals surface area contributed by atoms with E-state index in [9.17, 15) is 14.4 Å². The van der Waals surface area contributed by atoms with Gasteiger partial charge in [0.25, 0.3) is 11.8 Å². The van der Waals surface area contributed by atoms with Gasteiger partial charge in [-0.2, -0.15) is 0 Å². The van der Waals surface area contributed by atoms with E-state index in [0.29, 0.717) is 24.1 Å². The summed E-state index contributed by atoms with van der Waals surface area (Å²) in [5, 5.41) is 3.03. The summed E-state index contributed by atoms with van der Waals surface area (Å²) in [6, 6.07) is 26.7. The molecule has 1 atom stereocenters. The molecule has 5 nitrogen and oxygen atoms in total. The van der Waals surface area contributed by atoms with Gasteiger partial charge in [-0.3, -0.25) is 19.3 Å². The largest absolute Gasteiger partial charge is 0.353 e. The molecule has 1 aliphatic rings. The first-order valence-electron chi connectivity index (χ1n) is 10.8. The molecule has 0 aromatic heterocycles. The maximum absolute atomic E-state index is 13.4. The zero-order valence-electron chi connectivity index (χ0n) is 18.2. The molecular formula is C27H26N2O3. The number of fused-ring (bicyclic) bond motifs is 1. The minimum Gasteiger partial charge on any atom is -0.353 e. The van der Waals surface area contributed by atoms with Crippen LogP contribution in [0.15, 0.2) is 84.9 Å². The van der Waals surface area contributed by atoms with Crippen LogP contribution in [0.3, 0.4) is 0 Å². The molecule has 3 aromatic rings. The number of nitrogens with zero attached hydrogens (tertiary/aromatic N) is 1. The van der Waals surface area contributed by atoms with Crippen LogP contribution in [0, 0.1) is 0 Å². The maximum Gasteiger partial charge on any atom is 0.262 e. The van der Waals surface area contributed by atoms with Crippen LogP contribution in [0.4, 0.5) is 0 Å². The molecule has 0 saturated heterocycles. The Labute approximate surface area is 188 Å². The fourth-order valence-electron chi connectivity index (χ4n) is 4.24. The lowest BCUT2D eigenvalue weighted by Gasteiger charge is -2.35. The molecule has 0 fully saturated rings. The third-order valence-electron chi connectivity index (χ3n) is 6.34. The number of nitrogens with one attached hydrogen (secondary N) is 1. The number of amides is 3. The van der Waals surface area contributed by atoms with Gasteiger partial charge in [-0.05, 0) is 36.6 Å². The van der Waals surface area contributed by atoms with Gasteiger partial charge in [0.2, 0.25) is 5.91 Å². The highest BCUT2D eigenvalue weighted by atomic mass is 16.2. The third kappa shape index (κ3) is 3.71. The fraction of sp³-hybridized carbons (Fsp3) is 0.222. The van der Waals surface area contributed by atoms with Gasteiger partial charge >= 0.3 is 0 Å². The Bertz CT molecular complexity index is 1070. The van der Waals surface area contributed by atoms with Crippen LogP contribution in [0.1, 0.15) is 58.0 Å². The molecule has 0 bridgehead atoms. The zero-order chi connectivity index (χ0) is 22.7. The second-order valence-electron chi connectivity index (χ2n) is 8.20. The minimum atomic E-state index is -1.29. The molecule has 162 valence electrons. The van der Waals surface area contributed by atoms with Crippen molar-refractivity contribution in [3.63, 3.8) is 0 Å². The van der Waals surface area contributed by atoms with E-state index in [1.54, 1.807) is 31.2 Å². The first-order chi connectivity index (χ1) is 15.5. The Hall–Kier alpha value is -3.73. The summed E-state index contributed by atoms with van der Waals surface area (Å²) in [6.45, 7) is 3.82. The number of imide groups is 1. The molecule has 0 aliphatic carbocycles. The van der Waals surface area contributed by atoms with E-state index in [1.807, 2.05) is 67.6 Å². The van der Waals surface area contributed by atoms with Crippen molar-refractivity contribution in [3.05, 3.63) is 107 Å². The maximum atomic E-state index is 13.4. The smallest absolute Gasteiger partial charge is 0.262 e. The minimum absolute atomic E-state index is 0.0513. The summed E-state index contributed by atoms with van der Waals surface area (Å²) >= 11 is 0. The molecule has 1 heterocycles. The lowest BCUT2D eigenvalue weighted by molar-refractivity contribution is -0.130. The summed E-state index contributed by atoms with van der Waals surface area (Å²) < 4.78 is 0. The number of carbonyl (C=O) groups is 3. The van der Waals surface area contributed by atoms with Gasteiger partial charge in [-0.25, -0.2) is 0 Å². The van der Waals surface area contributed by atoms with E-state index < -0.39 is 17.4 Å². The van der Waals surface area contributed by atoms with Gasteiger partial charge < -0.3 is 5.32 Å². The summed E-state index contributed by atoms with van der Waals surface area (Å²) in [5.41, 5.74) is 1.56. The van der Waals surface area contributed by atoms with Gasteiger partial charge in [0.15, 0.2) is 0 Å². The van der Waals surface area contributed by atoms with Crippen molar-refractivity contribution < 1.29 is 14.4 Å². The second-order valence-corrected chi connectivity index (χ2v) is 8.20. The van der Waals surface area contributed by atoms with Crippen LogP contribution in [-0.4, -0.2) is 34.7 Å². The molecule has 0 saturated carbocycles. The van der Waals surface area contributed by atoms with Gasteiger partial charge in [0, 0.05) is 12.5 Å². The predicted molar refractivity (Wildman–Crippen MR) is 123 cm³/mol. The number of rotatable bonds is 7. The molecule has 1 unspecified atom stereocenters. The van der Waals surface area contributed by atoms with Crippen LogP contribution < -0.4 is 5.32 Å². The first kappa shape index (κ1) is 21.5. The van der Waals surface area contributed by atoms with Crippen LogP contribution in [-0.2, 0) is 4.79 Å². The molecule has 4 rings (SSSR count). The normalized spacial score (nSPS) is 14.9. The highest BCUT2D eigenvalue weighted by Crippen LogP contribution is 2.32. The Kier molecular flexibility index (Phi) is 5.91. The lowest BCUT2D eigenvalue weighted by atomic mass is 9.90. The summed E-state index contributed by atoms with van der Waals surface area (Å²) in [4.78, 5) is 40.6. The number of carbonyl (C=O) groups excluding carboxylic acids is 3. The highest BCUT2D eigenvalue weighted by Gasteiger charge is 2.49.